The van der Waals surface area contributed by atoms with E-state index in [0.29, 0.717) is 16.3 Å². The number of rotatable bonds is 4. The molecule has 2 rings (SSSR count). The minimum absolute atomic E-state index is 0.0418. The minimum atomic E-state index is -3.73. The fraction of sp³-hybridized carbons (Fsp3) is 0.0714. The van der Waals surface area contributed by atoms with Crippen LogP contribution < -0.4 is 4.72 Å². The van der Waals surface area contributed by atoms with Crippen molar-refractivity contribution in [3.63, 3.8) is 0 Å². The lowest BCUT2D eigenvalue weighted by molar-refractivity contribution is 0.101. The van der Waals surface area contributed by atoms with Crippen molar-refractivity contribution in [2.75, 3.05) is 4.72 Å². The Bertz CT molecular complexity index is 739. The molecule has 20 heavy (non-hydrogen) atoms. The minimum Gasteiger partial charge on any atom is -0.295 e. The van der Waals surface area contributed by atoms with Gasteiger partial charge in [0.1, 0.15) is 0 Å². The van der Waals surface area contributed by atoms with E-state index in [1.807, 2.05) is 0 Å². The van der Waals surface area contributed by atoms with Crippen molar-refractivity contribution < 1.29 is 13.2 Å². The molecule has 0 aliphatic rings. The molecule has 0 amide bonds. The summed E-state index contributed by atoms with van der Waals surface area (Å²) in [6.45, 7) is 1.39. The number of halogens is 1. The average Bonchev–Trinajstić information content (AvgIpc) is 2.41. The van der Waals surface area contributed by atoms with Crippen molar-refractivity contribution >= 4 is 33.1 Å². The van der Waals surface area contributed by atoms with Crippen LogP contribution in [0.4, 0.5) is 5.69 Å². The summed E-state index contributed by atoms with van der Waals surface area (Å²) >= 11 is 5.74. The van der Waals surface area contributed by atoms with Gasteiger partial charge in [0.2, 0.25) is 0 Å². The summed E-state index contributed by atoms with van der Waals surface area (Å²) in [7, 11) is -3.73. The van der Waals surface area contributed by atoms with E-state index in [2.05, 4.69) is 4.72 Å². The number of nitrogens with one attached hydrogen (secondary N) is 1. The van der Waals surface area contributed by atoms with E-state index in [0.717, 1.165) is 0 Å². The van der Waals surface area contributed by atoms with Crippen LogP contribution in [-0.4, -0.2) is 14.2 Å². The maximum Gasteiger partial charge on any atom is 0.261 e. The average molecular weight is 310 g/mol. The van der Waals surface area contributed by atoms with Gasteiger partial charge in [0.05, 0.1) is 4.90 Å². The molecule has 0 aromatic heterocycles. The zero-order valence-corrected chi connectivity index (χ0v) is 12.2. The Morgan fingerprint density at radius 1 is 1.10 bits per heavy atom. The van der Waals surface area contributed by atoms with Gasteiger partial charge in [-0.15, -0.1) is 0 Å². The normalized spacial score (nSPS) is 11.1. The Labute approximate surface area is 122 Å². The second-order valence-corrected chi connectivity index (χ2v) is 6.32. The second kappa shape index (κ2) is 5.64. The van der Waals surface area contributed by atoms with Crippen molar-refractivity contribution in [1.82, 2.24) is 0 Å². The van der Waals surface area contributed by atoms with Gasteiger partial charge < -0.3 is 0 Å². The van der Waals surface area contributed by atoms with Crippen molar-refractivity contribution in [2.24, 2.45) is 0 Å². The van der Waals surface area contributed by atoms with Gasteiger partial charge in [0.25, 0.3) is 10.0 Å². The zero-order valence-electron chi connectivity index (χ0n) is 10.6. The molecule has 0 bridgehead atoms. The predicted octanol–water partition coefficient (Wildman–Crippen LogP) is 3.34. The van der Waals surface area contributed by atoms with Crippen LogP contribution in [0.25, 0.3) is 0 Å². The van der Waals surface area contributed by atoms with E-state index in [-0.39, 0.29) is 10.7 Å². The molecular weight excluding hydrogens is 298 g/mol. The molecule has 0 heterocycles. The standard InChI is InChI=1S/C14H12ClNO3S/c1-10(17)11-3-2-4-14(9-11)20(18,19)16-13-7-5-12(15)6-8-13/h2-9,16H,1H3. The van der Waals surface area contributed by atoms with Gasteiger partial charge >= 0.3 is 0 Å². The number of carbonyl (C=O) groups is 1. The number of hydrogen-bond donors (Lipinski definition) is 1. The van der Waals surface area contributed by atoms with Crippen LogP contribution in [0.2, 0.25) is 5.02 Å². The highest BCUT2D eigenvalue weighted by atomic mass is 35.5. The van der Waals surface area contributed by atoms with Crippen molar-refractivity contribution in [3.8, 4) is 0 Å². The highest BCUT2D eigenvalue weighted by Crippen LogP contribution is 2.19. The molecule has 104 valence electrons. The van der Waals surface area contributed by atoms with Gasteiger partial charge in [0.15, 0.2) is 5.78 Å². The Kier molecular flexibility index (Phi) is 4.11. The highest BCUT2D eigenvalue weighted by Gasteiger charge is 2.15. The first-order valence-corrected chi connectivity index (χ1v) is 7.64. The van der Waals surface area contributed by atoms with Gasteiger partial charge in [-0.1, -0.05) is 23.7 Å². The van der Waals surface area contributed by atoms with Crippen LogP contribution in [0, 0.1) is 0 Å². The summed E-state index contributed by atoms with van der Waals surface area (Å²) in [6.07, 6.45) is 0. The van der Waals surface area contributed by atoms with Crippen LogP contribution in [0.5, 0.6) is 0 Å². The van der Waals surface area contributed by atoms with E-state index in [9.17, 15) is 13.2 Å². The Morgan fingerprint density at radius 2 is 1.75 bits per heavy atom. The summed E-state index contributed by atoms with van der Waals surface area (Å²) < 4.78 is 26.8. The predicted molar refractivity (Wildman–Crippen MR) is 78.7 cm³/mol. The van der Waals surface area contributed by atoms with Gasteiger partial charge in [-0.25, -0.2) is 8.42 Å². The fourth-order valence-corrected chi connectivity index (χ4v) is 2.84. The molecule has 4 nitrogen and oxygen atoms in total. The lowest BCUT2D eigenvalue weighted by Crippen LogP contribution is -2.13. The van der Waals surface area contributed by atoms with Crippen LogP contribution in [-0.2, 0) is 10.0 Å². The molecule has 0 saturated carbocycles. The van der Waals surface area contributed by atoms with Crippen molar-refractivity contribution in [2.45, 2.75) is 11.8 Å². The number of ketones is 1. The molecule has 0 aliphatic carbocycles. The zero-order chi connectivity index (χ0) is 14.8. The fourth-order valence-electron chi connectivity index (χ4n) is 1.61. The van der Waals surface area contributed by atoms with E-state index in [4.69, 9.17) is 11.6 Å². The molecular formula is C14H12ClNO3S. The topological polar surface area (TPSA) is 63.2 Å². The van der Waals surface area contributed by atoms with Crippen LogP contribution in [0.1, 0.15) is 17.3 Å². The Morgan fingerprint density at radius 3 is 2.35 bits per heavy atom. The molecule has 0 aliphatic heterocycles. The van der Waals surface area contributed by atoms with E-state index >= 15 is 0 Å². The molecule has 0 radical (unpaired) electrons. The van der Waals surface area contributed by atoms with Crippen molar-refractivity contribution in [3.05, 3.63) is 59.1 Å². The number of anilines is 1. The SMILES string of the molecule is CC(=O)c1cccc(S(=O)(=O)Nc2ccc(Cl)cc2)c1. The maximum absolute atomic E-state index is 12.2. The third-order valence-electron chi connectivity index (χ3n) is 2.65. The quantitative estimate of drug-likeness (QED) is 0.881. The first kappa shape index (κ1) is 14.6. The monoisotopic (exact) mass is 309 g/mol. The highest BCUT2D eigenvalue weighted by molar-refractivity contribution is 7.92. The van der Waals surface area contributed by atoms with E-state index < -0.39 is 10.0 Å². The third kappa shape index (κ3) is 3.37. The first-order chi connectivity index (χ1) is 9.38. The van der Waals surface area contributed by atoms with Crippen LogP contribution in [0.3, 0.4) is 0 Å². The van der Waals surface area contributed by atoms with E-state index in [1.165, 1.54) is 25.1 Å². The maximum atomic E-state index is 12.2. The molecule has 6 heteroatoms. The molecule has 1 N–H and O–H groups in total. The number of sulfonamides is 1. The van der Waals surface area contributed by atoms with Crippen molar-refractivity contribution in [1.29, 1.82) is 0 Å². The molecule has 0 atom stereocenters. The largest absolute Gasteiger partial charge is 0.295 e. The first-order valence-electron chi connectivity index (χ1n) is 5.78. The Balaban J connectivity index is 2.33. The summed E-state index contributed by atoms with van der Waals surface area (Å²) in [5, 5.41) is 0.520. The molecule has 0 spiro atoms. The lowest BCUT2D eigenvalue weighted by atomic mass is 10.2. The van der Waals surface area contributed by atoms with Gasteiger partial charge in [-0.05, 0) is 43.3 Å². The molecule has 2 aromatic rings. The van der Waals surface area contributed by atoms with Gasteiger partial charge in [0, 0.05) is 16.3 Å². The summed E-state index contributed by atoms with van der Waals surface area (Å²) in [5.41, 5.74) is 0.756. The summed E-state index contributed by atoms with van der Waals surface area (Å²) in [6, 6.07) is 12.2. The van der Waals surface area contributed by atoms with Gasteiger partial charge in [-0.2, -0.15) is 0 Å². The number of benzene rings is 2. The molecule has 0 saturated heterocycles. The van der Waals surface area contributed by atoms with Gasteiger partial charge in [-0.3, -0.25) is 9.52 Å². The number of Topliss-reactive ketones (excluding diaryl/α,β-unsaturated/α-hetero) is 1. The summed E-state index contributed by atoms with van der Waals surface area (Å²) in [4.78, 5) is 11.3. The van der Waals surface area contributed by atoms with Crippen LogP contribution in [0.15, 0.2) is 53.4 Å². The summed E-state index contributed by atoms with van der Waals surface area (Å²) in [5.74, 6) is -0.187. The lowest BCUT2D eigenvalue weighted by Gasteiger charge is -2.08. The van der Waals surface area contributed by atoms with E-state index in [1.54, 1.807) is 30.3 Å². The second-order valence-electron chi connectivity index (χ2n) is 4.20. The third-order valence-corrected chi connectivity index (χ3v) is 4.28. The smallest absolute Gasteiger partial charge is 0.261 e. The number of carbonyl (C=O) groups excluding carboxylic acids is 1. The number of hydrogen-bond acceptors (Lipinski definition) is 3. The molecule has 2 aromatic carbocycles. The van der Waals surface area contributed by atoms with Crippen LogP contribution >= 0.6 is 11.6 Å². The molecule has 0 fully saturated rings. The Hall–Kier alpha value is -1.85. The molecule has 0 unspecified atom stereocenters.